The molecule has 3 rings (SSSR count). The first-order valence-electron chi connectivity index (χ1n) is 6.66. The van der Waals surface area contributed by atoms with E-state index in [9.17, 15) is 5.11 Å². The van der Waals surface area contributed by atoms with Gasteiger partial charge in [0.1, 0.15) is 12.4 Å². The Balaban J connectivity index is 1.73. The number of ether oxygens (including phenoxy) is 1. The monoisotopic (exact) mass is 258 g/mol. The molecule has 19 heavy (non-hydrogen) atoms. The fourth-order valence-electron chi connectivity index (χ4n) is 2.23. The van der Waals surface area contributed by atoms with E-state index in [1.54, 1.807) is 6.92 Å². The van der Waals surface area contributed by atoms with Gasteiger partial charge in [-0.15, -0.1) is 0 Å². The van der Waals surface area contributed by atoms with E-state index in [-0.39, 0.29) is 0 Å². The molecule has 1 aromatic heterocycles. The summed E-state index contributed by atoms with van der Waals surface area (Å²) in [6.07, 6.45) is 5.66. The minimum atomic E-state index is -0.524. The van der Waals surface area contributed by atoms with Crippen molar-refractivity contribution < 1.29 is 9.84 Å². The van der Waals surface area contributed by atoms with Crippen LogP contribution in [0.5, 0.6) is 5.75 Å². The Morgan fingerprint density at radius 3 is 2.95 bits per heavy atom. The van der Waals surface area contributed by atoms with Gasteiger partial charge >= 0.3 is 0 Å². The van der Waals surface area contributed by atoms with E-state index in [1.807, 2.05) is 36.8 Å². The van der Waals surface area contributed by atoms with Crippen LogP contribution in [-0.2, 0) is 6.61 Å². The van der Waals surface area contributed by atoms with E-state index in [2.05, 4.69) is 9.55 Å². The molecule has 0 radical (unpaired) electrons. The lowest BCUT2D eigenvalue weighted by molar-refractivity contribution is 0.189. The molecule has 100 valence electrons. The Bertz CT molecular complexity index is 559. The number of imidazole rings is 1. The number of aliphatic hydroxyl groups excluding tert-OH is 1. The summed E-state index contributed by atoms with van der Waals surface area (Å²) in [7, 11) is 0. The van der Waals surface area contributed by atoms with E-state index in [4.69, 9.17) is 4.74 Å². The molecule has 1 atom stereocenters. The fraction of sp³-hybridized carbons (Fsp3) is 0.400. The third-order valence-corrected chi connectivity index (χ3v) is 3.43. The highest BCUT2D eigenvalue weighted by Gasteiger charge is 2.25. The maximum atomic E-state index is 9.72. The Morgan fingerprint density at radius 2 is 2.21 bits per heavy atom. The van der Waals surface area contributed by atoms with Gasteiger partial charge in [0.25, 0.3) is 0 Å². The van der Waals surface area contributed by atoms with E-state index >= 15 is 0 Å². The van der Waals surface area contributed by atoms with Crippen LogP contribution in [-0.4, -0.2) is 14.7 Å². The van der Waals surface area contributed by atoms with Crippen LogP contribution in [0.15, 0.2) is 36.8 Å². The van der Waals surface area contributed by atoms with Crippen molar-refractivity contribution >= 4 is 0 Å². The molecule has 0 aliphatic heterocycles. The van der Waals surface area contributed by atoms with Crippen molar-refractivity contribution in [1.82, 2.24) is 9.55 Å². The van der Waals surface area contributed by atoms with Gasteiger partial charge in [0, 0.05) is 11.6 Å². The van der Waals surface area contributed by atoms with E-state index in [1.165, 1.54) is 12.8 Å². The number of para-hydroxylation sites is 1. The smallest absolute Gasteiger partial charge is 0.130 e. The zero-order chi connectivity index (χ0) is 13.2. The molecule has 1 heterocycles. The van der Waals surface area contributed by atoms with Crippen molar-refractivity contribution in [2.45, 2.75) is 38.5 Å². The van der Waals surface area contributed by atoms with Gasteiger partial charge in [0.2, 0.25) is 0 Å². The maximum absolute atomic E-state index is 9.72. The highest BCUT2D eigenvalue weighted by molar-refractivity contribution is 5.34. The molecular weight excluding hydrogens is 240 g/mol. The molecule has 1 aliphatic carbocycles. The standard InChI is InChI=1S/C15H18N2O2/c1-11(18)14-4-2-3-5-15(14)19-9-13-8-16-10-17(13)12-6-7-12/h2-5,8,10-12,18H,6-7,9H2,1H3/t11-/m1/s1. The minimum absolute atomic E-state index is 0.486. The largest absolute Gasteiger partial charge is 0.487 e. The van der Waals surface area contributed by atoms with Crippen LogP contribution in [0.2, 0.25) is 0 Å². The van der Waals surface area contributed by atoms with Gasteiger partial charge in [-0.05, 0) is 25.8 Å². The number of hydrogen-bond acceptors (Lipinski definition) is 3. The van der Waals surface area contributed by atoms with Crippen LogP contribution >= 0.6 is 0 Å². The van der Waals surface area contributed by atoms with Gasteiger partial charge < -0.3 is 14.4 Å². The molecular formula is C15H18N2O2. The molecule has 0 unspecified atom stereocenters. The number of benzene rings is 1. The molecule has 1 N–H and O–H groups in total. The summed E-state index contributed by atoms with van der Waals surface area (Å²) in [5, 5.41) is 9.72. The zero-order valence-corrected chi connectivity index (χ0v) is 11.0. The summed E-state index contributed by atoms with van der Waals surface area (Å²) >= 11 is 0. The second-order valence-electron chi connectivity index (χ2n) is 5.03. The number of hydrogen-bond donors (Lipinski definition) is 1. The Hall–Kier alpha value is -1.81. The van der Waals surface area contributed by atoms with Crippen LogP contribution in [0.4, 0.5) is 0 Å². The van der Waals surface area contributed by atoms with Gasteiger partial charge in [-0.25, -0.2) is 4.98 Å². The van der Waals surface area contributed by atoms with Gasteiger partial charge in [-0.2, -0.15) is 0 Å². The molecule has 4 nitrogen and oxygen atoms in total. The fourth-order valence-corrected chi connectivity index (χ4v) is 2.23. The van der Waals surface area contributed by atoms with Crippen LogP contribution in [0.25, 0.3) is 0 Å². The average molecular weight is 258 g/mol. The van der Waals surface area contributed by atoms with Crippen molar-refractivity contribution in [1.29, 1.82) is 0 Å². The van der Waals surface area contributed by atoms with Crippen molar-refractivity contribution in [2.24, 2.45) is 0 Å². The SMILES string of the molecule is C[C@@H](O)c1ccccc1OCc1cncn1C1CC1. The van der Waals surface area contributed by atoms with Crippen molar-refractivity contribution in [3.63, 3.8) is 0 Å². The van der Waals surface area contributed by atoms with E-state index < -0.39 is 6.10 Å². The van der Waals surface area contributed by atoms with E-state index in [0.29, 0.717) is 12.6 Å². The third kappa shape index (κ3) is 2.63. The lowest BCUT2D eigenvalue weighted by Crippen LogP contribution is -2.05. The summed E-state index contributed by atoms with van der Waals surface area (Å²) in [6.45, 7) is 2.23. The first-order valence-corrected chi connectivity index (χ1v) is 6.66. The molecule has 4 heteroatoms. The van der Waals surface area contributed by atoms with Crippen molar-refractivity contribution in [2.75, 3.05) is 0 Å². The summed E-state index contributed by atoms with van der Waals surface area (Å²) in [4.78, 5) is 4.19. The average Bonchev–Trinajstić information content (AvgIpc) is 3.15. The second kappa shape index (κ2) is 5.05. The summed E-state index contributed by atoms with van der Waals surface area (Å²) in [5.74, 6) is 0.737. The Kier molecular flexibility index (Phi) is 3.25. The highest BCUT2D eigenvalue weighted by atomic mass is 16.5. The van der Waals surface area contributed by atoms with Crippen molar-refractivity contribution in [3.05, 3.63) is 48.0 Å². The Labute approximate surface area is 112 Å². The van der Waals surface area contributed by atoms with Gasteiger partial charge in [-0.1, -0.05) is 18.2 Å². The van der Waals surface area contributed by atoms with Gasteiger partial charge in [-0.3, -0.25) is 0 Å². The predicted molar refractivity (Wildman–Crippen MR) is 71.9 cm³/mol. The highest BCUT2D eigenvalue weighted by Crippen LogP contribution is 2.36. The van der Waals surface area contributed by atoms with Gasteiger partial charge in [0.15, 0.2) is 0 Å². The minimum Gasteiger partial charge on any atom is -0.487 e. The first kappa shape index (κ1) is 12.2. The van der Waals surface area contributed by atoms with Gasteiger partial charge in [0.05, 0.1) is 24.3 Å². The molecule has 1 saturated carbocycles. The number of aromatic nitrogens is 2. The molecule has 1 aromatic carbocycles. The quantitative estimate of drug-likeness (QED) is 0.897. The summed E-state index contributed by atoms with van der Waals surface area (Å²) in [5.41, 5.74) is 1.91. The number of rotatable bonds is 5. The molecule has 0 spiro atoms. The Morgan fingerprint density at radius 1 is 1.42 bits per heavy atom. The third-order valence-electron chi connectivity index (χ3n) is 3.43. The molecule has 1 aliphatic rings. The first-order chi connectivity index (χ1) is 9.25. The lowest BCUT2D eigenvalue weighted by atomic mass is 10.1. The van der Waals surface area contributed by atoms with Crippen LogP contribution in [0.1, 0.15) is 43.2 Å². The maximum Gasteiger partial charge on any atom is 0.130 e. The molecule has 0 bridgehead atoms. The normalized spacial score (nSPS) is 16.3. The lowest BCUT2D eigenvalue weighted by Gasteiger charge is -2.14. The number of nitrogens with zero attached hydrogens (tertiary/aromatic N) is 2. The topological polar surface area (TPSA) is 47.3 Å². The molecule has 2 aromatic rings. The summed E-state index contributed by atoms with van der Waals surface area (Å²) in [6, 6.07) is 8.20. The van der Waals surface area contributed by atoms with Crippen LogP contribution < -0.4 is 4.74 Å². The molecule has 0 saturated heterocycles. The second-order valence-corrected chi connectivity index (χ2v) is 5.03. The van der Waals surface area contributed by atoms with E-state index in [0.717, 1.165) is 17.0 Å². The zero-order valence-electron chi connectivity index (χ0n) is 11.0. The van der Waals surface area contributed by atoms with Crippen LogP contribution in [0.3, 0.4) is 0 Å². The summed E-state index contributed by atoms with van der Waals surface area (Å²) < 4.78 is 8.03. The van der Waals surface area contributed by atoms with Crippen molar-refractivity contribution in [3.8, 4) is 5.75 Å². The molecule has 1 fully saturated rings. The predicted octanol–water partition coefficient (Wildman–Crippen LogP) is 2.85. The number of aliphatic hydroxyl groups is 1. The molecule has 0 amide bonds. The van der Waals surface area contributed by atoms with Crippen LogP contribution in [0, 0.1) is 0 Å².